The minimum atomic E-state index is -0.178. The number of hydrogen-bond donors (Lipinski definition) is 1. The molecule has 4 heteroatoms. The highest BCUT2D eigenvalue weighted by molar-refractivity contribution is 6.03. The number of benzene rings is 1. The predicted molar refractivity (Wildman–Crippen MR) is 83.6 cm³/mol. The fraction of sp³-hybridized carbons (Fsp3) is 0.294. The summed E-state index contributed by atoms with van der Waals surface area (Å²) in [4.78, 5) is 16.1. The zero-order valence-corrected chi connectivity index (χ0v) is 12.4. The van der Waals surface area contributed by atoms with Gasteiger partial charge in [0.25, 0.3) is 5.91 Å². The van der Waals surface area contributed by atoms with E-state index in [2.05, 4.69) is 24.1 Å². The van der Waals surface area contributed by atoms with Crippen molar-refractivity contribution in [2.45, 2.75) is 20.3 Å². The molecule has 4 nitrogen and oxygen atoms in total. The van der Waals surface area contributed by atoms with Crippen LogP contribution in [0.1, 0.15) is 30.6 Å². The van der Waals surface area contributed by atoms with Gasteiger partial charge in [0.2, 0.25) is 0 Å². The van der Waals surface area contributed by atoms with E-state index in [1.165, 1.54) is 0 Å². The number of nitrogens with zero attached hydrogens (tertiary/aromatic N) is 1. The summed E-state index contributed by atoms with van der Waals surface area (Å²) in [6.45, 7) is 5.01. The molecule has 0 bridgehead atoms. The first-order valence-corrected chi connectivity index (χ1v) is 7.10. The molecule has 1 aromatic heterocycles. The molecule has 0 atom stereocenters. The van der Waals surface area contributed by atoms with Crippen molar-refractivity contribution in [3.63, 3.8) is 0 Å². The van der Waals surface area contributed by atoms with E-state index in [9.17, 15) is 4.79 Å². The third-order valence-electron chi connectivity index (χ3n) is 2.99. The van der Waals surface area contributed by atoms with Gasteiger partial charge in [-0.05, 0) is 48.7 Å². The van der Waals surface area contributed by atoms with Crippen LogP contribution in [-0.2, 0) is 0 Å². The number of carbonyl (C=O) groups is 1. The van der Waals surface area contributed by atoms with Crippen LogP contribution < -0.4 is 10.1 Å². The molecule has 0 aliphatic rings. The topological polar surface area (TPSA) is 51.2 Å². The summed E-state index contributed by atoms with van der Waals surface area (Å²) in [7, 11) is 0. The van der Waals surface area contributed by atoms with Crippen molar-refractivity contribution in [3.05, 3.63) is 54.2 Å². The maximum Gasteiger partial charge on any atom is 0.256 e. The van der Waals surface area contributed by atoms with Gasteiger partial charge >= 0.3 is 0 Å². The fourth-order valence-electron chi connectivity index (χ4n) is 1.74. The standard InChI is InChI=1S/C17H20N2O2/c1-13(2)10-12-21-15-8-6-14(7-9-15)17(20)19-16-5-3-4-11-18-16/h3-9,11,13H,10,12H2,1-2H3,(H,18,19,20). The molecule has 0 saturated heterocycles. The lowest BCUT2D eigenvalue weighted by molar-refractivity contribution is 0.102. The van der Waals surface area contributed by atoms with Crippen LogP contribution >= 0.6 is 0 Å². The molecule has 110 valence electrons. The zero-order chi connectivity index (χ0) is 15.1. The predicted octanol–water partition coefficient (Wildman–Crippen LogP) is 3.76. The van der Waals surface area contributed by atoms with Crippen LogP contribution in [0.5, 0.6) is 5.75 Å². The summed E-state index contributed by atoms with van der Waals surface area (Å²) in [6.07, 6.45) is 2.66. The summed E-state index contributed by atoms with van der Waals surface area (Å²) in [5, 5.41) is 2.74. The van der Waals surface area contributed by atoms with E-state index >= 15 is 0 Å². The van der Waals surface area contributed by atoms with Crippen molar-refractivity contribution in [2.24, 2.45) is 5.92 Å². The Bertz CT molecular complexity index is 565. The second-order valence-electron chi connectivity index (χ2n) is 5.22. The first-order chi connectivity index (χ1) is 10.1. The van der Waals surface area contributed by atoms with Crippen LogP contribution in [0.15, 0.2) is 48.7 Å². The van der Waals surface area contributed by atoms with Gasteiger partial charge in [-0.25, -0.2) is 4.98 Å². The van der Waals surface area contributed by atoms with Crippen molar-refractivity contribution in [2.75, 3.05) is 11.9 Å². The van der Waals surface area contributed by atoms with E-state index in [-0.39, 0.29) is 5.91 Å². The average molecular weight is 284 g/mol. The van der Waals surface area contributed by atoms with Crippen LogP contribution in [0, 0.1) is 5.92 Å². The molecule has 0 radical (unpaired) electrons. The number of carbonyl (C=O) groups excluding carboxylic acids is 1. The van der Waals surface area contributed by atoms with Crippen LogP contribution in [0.2, 0.25) is 0 Å². The molecule has 0 spiro atoms. The highest BCUT2D eigenvalue weighted by Gasteiger charge is 2.06. The van der Waals surface area contributed by atoms with Gasteiger partial charge < -0.3 is 10.1 Å². The molecule has 0 unspecified atom stereocenters. The molecule has 1 N–H and O–H groups in total. The summed E-state index contributed by atoms with van der Waals surface area (Å²) in [5.41, 5.74) is 0.580. The third kappa shape index (κ3) is 4.91. The minimum absolute atomic E-state index is 0.178. The van der Waals surface area contributed by atoms with Gasteiger partial charge in [-0.2, -0.15) is 0 Å². The highest BCUT2D eigenvalue weighted by Crippen LogP contribution is 2.14. The van der Waals surface area contributed by atoms with Gasteiger partial charge in [0.15, 0.2) is 0 Å². The molecule has 0 fully saturated rings. The molecule has 2 aromatic rings. The van der Waals surface area contributed by atoms with E-state index < -0.39 is 0 Å². The Labute approximate surface area is 125 Å². The van der Waals surface area contributed by atoms with Gasteiger partial charge in [0.05, 0.1) is 6.61 Å². The maximum absolute atomic E-state index is 12.0. The summed E-state index contributed by atoms with van der Waals surface area (Å²) in [6, 6.07) is 12.5. The number of anilines is 1. The molecular formula is C17H20N2O2. The number of rotatable bonds is 6. The second-order valence-corrected chi connectivity index (χ2v) is 5.22. The number of hydrogen-bond acceptors (Lipinski definition) is 3. The van der Waals surface area contributed by atoms with Crippen LogP contribution in [0.3, 0.4) is 0 Å². The first kappa shape index (κ1) is 15.0. The normalized spacial score (nSPS) is 10.4. The average Bonchev–Trinajstić information content (AvgIpc) is 2.48. The van der Waals surface area contributed by atoms with E-state index in [0.717, 1.165) is 12.2 Å². The quantitative estimate of drug-likeness (QED) is 0.878. The molecule has 1 amide bonds. The molecule has 0 aliphatic heterocycles. The summed E-state index contributed by atoms with van der Waals surface area (Å²) in [5.74, 6) is 1.76. The van der Waals surface area contributed by atoms with E-state index in [1.54, 1.807) is 30.5 Å². The van der Waals surface area contributed by atoms with E-state index in [4.69, 9.17) is 4.74 Å². The van der Waals surface area contributed by atoms with Crippen molar-refractivity contribution in [3.8, 4) is 5.75 Å². The lowest BCUT2D eigenvalue weighted by atomic mass is 10.1. The van der Waals surface area contributed by atoms with Crippen molar-refractivity contribution in [1.82, 2.24) is 4.98 Å². The number of aromatic nitrogens is 1. The molecule has 1 aromatic carbocycles. The van der Waals surface area contributed by atoms with Crippen molar-refractivity contribution >= 4 is 11.7 Å². The first-order valence-electron chi connectivity index (χ1n) is 7.10. The van der Waals surface area contributed by atoms with Gasteiger partial charge in [-0.3, -0.25) is 4.79 Å². The molecule has 2 rings (SSSR count). The summed E-state index contributed by atoms with van der Waals surface area (Å²) >= 11 is 0. The van der Waals surface area contributed by atoms with Crippen LogP contribution in [0.25, 0.3) is 0 Å². The number of pyridine rings is 1. The fourth-order valence-corrected chi connectivity index (χ4v) is 1.74. The number of ether oxygens (including phenoxy) is 1. The van der Waals surface area contributed by atoms with Gasteiger partial charge in [0, 0.05) is 11.8 Å². The lowest BCUT2D eigenvalue weighted by Crippen LogP contribution is -2.12. The Morgan fingerprint density at radius 1 is 1.19 bits per heavy atom. The summed E-state index contributed by atoms with van der Waals surface area (Å²) < 4.78 is 5.63. The van der Waals surface area contributed by atoms with Crippen LogP contribution in [0.4, 0.5) is 5.82 Å². The van der Waals surface area contributed by atoms with Crippen LogP contribution in [-0.4, -0.2) is 17.5 Å². The lowest BCUT2D eigenvalue weighted by Gasteiger charge is -2.09. The molecular weight excluding hydrogens is 264 g/mol. The highest BCUT2D eigenvalue weighted by atomic mass is 16.5. The molecule has 0 saturated carbocycles. The molecule has 21 heavy (non-hydrogen) atoms. The zero-order valence-electron chi connectivity index (χ0n) is 12.4. The Hall–Kier alpha value is -2.36. The van der Waals surface area contributed by atoms with Crippen molar-refractivity contribution < 1.29 is 9.53 Å². The maximum atomic E-state index is 12.0. The second kappa shape index (κ2) is 7.43. The largest absolute Gasteiger partial charge is 0.494 e. The van der Waals surface area contributed by atoms with E-state index in [1.807, 2.05) is 18.2 Å². The third-order valence-corrected chi connectivity index (χ3v) is 2.99. The van der Waals surface area contributed by atoms with Gasteiger partial charge in [-0.1, -0.05) is 19.9 Å². The molecule has 1 heterocycles. The SMILES string of the molecule is CC(C)CCOc1ccc(C(=O)Nc2ccccn2)cc1. The minimum Gasteiger partial charge on any atom is -0.494 e. The Balaban J connectivity index is 1.91. The Kier molecular flexibility index (Phi) is 5.32. The van der Waals surface area contributed by atoms with Crippen molar-refractivity contribution in [1.29, 1.82) is 0 Å². The smallest absolute Gasteiger partial charge is 0.256 e. The molecule has 0 aliphatic carbocycles. The number of amides is 1. The number of nitrogens with one attached hydrogen (secondary N) is 1. The van der Waals surface area contributed by atoms with Gasteiger partial charge in [-0.15, -0.1) is 0 Å². The Morgan fingerprint density at radius 2 is 1.95 bits per heavy atom. The van der Waals surface area contributed by atoms with E-state index in [0.29, 0.717) is 23.9 Å². The van der Waals surface area contributed by atoms with Gasteiger partial charge in [0.1, 0.15) is 11.6 Å². The Morgan fingerprint density at radius 3 is 2.57 bits per heavy atom. The monoisotopic (exact) mass is 284 g/mol.